The van der Waals surface area contributed by atoms with Gasteiger partial charge in [0, 0.05) is 12.6 Å². The summed E-state index contributed by atoms with van der Waals surface area (Å²) in [6, 6.07) is 13.6. The molecule has 0 heterocycles. The first-order valence-corrected chi connectivity index (χ1v) is 8.12. The van der Waals surface area contributed by atoms with Gasteiger partial charge in [0.2, 0.25) is 5.75 Å². The van der Waals surface area contributed by atoms with Gasteiger partial charge in [0.15, 0.2) is 5.75 Å². The van der Waals surface area contributed by atoms with E-state index in [1.165, 1.54) is 31.4 Å². The minimum atomic E-state index is -0.733. The highest BCUT2D eigenvalue weighted by atomic mass is 16.6. The van der Waals surface area contributed by atoms with E-state index in [1.807, 2.05) is 36.4 Å². The third-order valence-corrected chi connectivity index (χ3v) is 3.71. The Morgan fingerprint density at radius 3 is 2.68 bits per heavy atom. The van der Waals surface area contributed by atoms with E-state index >= 15 is 0 Å². The summed E-state index contributed by atoms with van der Waals surface area (Å²) < 4.78 is 4.92. The molecule has 0 atom stereocenters. The van der Waals surface area contributed by atoms with E-state index in [0.29, 0.717) is 5.56 Å². The lowest BCUT2D eigenvalue weighted by Crippen LogP contribution is -2.23. The number of carbonyl (C=O) groups excluding carboxylic acids is 1. The van der Waals surface area contributed by atoms with Gasteiger partial charge in [0.25, 0.3) is 5.91 Å². The fraction of sp³-hybridized carbons (Fsp3) is 0.100. The molecule has 1 amide bonds. The molecule has 0 saturated heterocycles. The van der Waals surface area contributed by atoms with Gasteiger partial charge in [-0.25, -0.2) is 0 Å². The van der Waals surface area contributed by atoms with E-state index in [9.17, 15) is 25.3 Å². The molecule has 0 bridgehead atoms. The average molecular weight is 379 g/mol. The number of phenols is 1. The van der Waals surface area contributed by atoms with Gasteiger partial charge < -0.3 is 15.2 Å². The Morgan fingerprint density at radius 1 is 1.36 bits per heavy atom. The highest BCUT2D eigenvalue weighted by molar-refractivity contribution is 5.97. The fourth-order valence-corrected chi connectivity index (χ4v) is 2.30. The molecular formula is C20H17N3O5. The molecule has 2 N–H and O–H groups in total. The summed E-state index contributed by atoms with van der Waals surface area (Å²) in [5.74, 6) is -1.16. The van der Waals surface area contributed by atoms with Crippen molar-refractivity contribution in [2.24, 2.45) is 0 Å². The summed E-state index contributed by atoms with van der Waals surface area (Å²) in [7, 11) is 1.27. The quantitative estimate of drug-likeness (QED) is 0.250. The van der Waals surface area contributed by atoms with Crippen molar-refractivity contribution in [3.8, 4) is 17.6 Å². The summed E-state index contributed by atoms with van der Waals surface area (Å²) in [6.07, 6.45) is 4.17. The van der Waals surface area contributed by atoms with Gasteiger partial charge in [-0.2, -0.15) is 5.26 Å². The standard InChI is InChI=1S/C20H17N3O5/c1-28-18-11-15(10-17(19(18)24)23(26)27)8-5-9-16(12-21)20(25)22-13-14-6-3-2-4-7-14/h2-11,24H,13H2,1H3,(H,22,25). The molecule has 2 rings (SSSR count). The van der Waals surface area contributed by atoms with Crippen molar-refractivity contribution < 1.29 is 19.6 Å². The van der Waals surface area contributed by atoms with Gasteiger partial charge in [-0.05, 0) is 23.3 Å². The number of allylic oxidation sites excluding steroid dienone is 2. The second-order valence-corrected chi connectivity index (χ2v) is 5.57. The molecule has 0 fully saturated rings. The molecular weight excluding hydrogens is 362 g/mol. The average Bonchev–Trinajstić information content (AvgIpc) is 2.70. The van der Waals surface area contributed by atoms with E-state index in [1.54, 1.807) is 0 Å². The lowest BCUT2D eigenvalue weighted by Gasteiger charge is -2.05. The number of hydrogen-bond acceptors (Lipinski definition) is 6. The van der Waals surface area contributed by atoms with E-state index < -0.39 is 22.3 Å². The predicted molar refractivity (Wildman–Crippen MR) is 102 cm³/mol. The summed E-state index contributed by atoms with van der Waals surface area (Å²) in [6.45, 7) is 0.282. The summed E-state index contributed by atoms with van der Waals surface area (Å²) in [5, 5.41) is 32.6. The number of carbonyl (C=O) groups is 1. The summed E-state index contributed by atoms with van der Waals surface area (Å²) >= 11 is 0. The van der Waals surface area contributed by atoms with Crippen LogP contribution in [-0.4, -0.2) is 23.0 Å². The number of nitrogens with zero attached hydrogens (tertiary/aromatic N) is 2. The fourth-order valence-electron chi connectivity index (χ4n) is 2.30. The highest BCUT2D eigenvalue weighted by Gasteiger charge is 2.19. The molecule has 8 nitrogen and oxygen atoms in total. The molecule has 142 valence electrons. The van der Waals surface area contributed by atoms with E-state index in [2.05, 4.69) is 5.32 Å². The van der Waals surface area contributed by atoms with Crippen molar-refractivity contribution in [2.75, 3.05) is 7.11 Å². The number of nitro groups is 1. The number of benzene rings is 2. The van der Waals surface area contributed by atoms with Crippen molar-refractivity contribution in [1.29, 1.82) is 5.26 Å². The monoisotopic (exact) mass is 379 g/mol. The molecule has 0 saturated carbocycles. The minimum absolute atomic E-state index is 0.0565. The van der Waals surface area contributed by atoms with Gasteiger partial charge in [0.05, 0.1) is 12.0 Å². The Kier molecular flexibility index (Phi) is 6.88. The topological polar surface area (TPSA) is 125 Å². The molecule has 2 aromatic rings. The van der Waals surface area contributed by atoms with Crippen LogP contribution < -0.4 is 10.1 Å². The zero-order chi connectivity index (χ0) is 20.5. The van der Waals surface area contributed by atoms with Gasteiger partial charge in [0.1, 0.15) is 11.6 Å². The Hall–Kier alpha value is -4.12. The van der Waals surface area contributed by atoms with Crippen LogP contribution in [0.4, 0.5) is 5.69 Å². The molecule has 0 aliphatic carbocycles. The SMILES string of the molecule is COc1cc(C=CC=C(C#N)C(=O)NCc2ccccc2)cc([N+](=O)[O-])c1O. The molecule has 2 aromatic carbocycles. The number of aromatic hydroxyl groups is 1. The Bertz CT molecular complexity index is 975. The number of amides is 1. The number of ether oxygens (including phenoxy) is 1. The first-order chi connectivity index (χ1) is 13.5. The molecule has 0 unspecified atom stereocenters. The zero-order valence-corrected chi connectivity index (χ0v) is 15.0. The Balaban J connectivity index is 2.14. The maximum atomic E-state index is 12.1. The third kappa shape index (κ3) is 5.19. The van der Waals surface area contributed by atoms with Gasteiger partial charge in [-0.15, -0.1) is 0 Å². The van der Waals surface area contributed by atoms with Crippen LogP contribution in [0.2, 0.25) is 0 Å². The van der Waals surface area contributed by atoms with Crippen LogP contribution in [-0.2, 0) is 11.3 Å². The number of hydrogen-bond donors (Lipinski definition) is 2. The molecule has 28 heavy (non-hydrogen) atoms. The number of rotatable bonds is 7. The first kappa shape index (κ1) is 20.2. The number of nitriles is 1. The predicted octanol–water partition coefficient (Wildman–Crippen LogP) is 3.09. The van der Waals surface area contributed by atoms with Crippen LogP contribution in [0, 0.1) is 21.4 Å². The molecule has 0 aliphatic heterocycles. The lowest BCUT2D eigenvalue weighted by atomic mass is 10.1. The lowest BCUT2D eigenvalue weighted by molar-refractivity contribution is -0.386. The van der Waals surface area contributed by atoms with Gasteiger partial charge >= 0.3 is 5.69 Å². The maximum absolute atomic E-state index is 12.1. The van der Waals surface area contributed by atoms with Crippen LogP contribution in [0.25, 0.3) is 6.08 Å². The smallest absolute Gasteiger partial charge is 0.315 e. The van der Waals surface area contributed by atoms with E-state index in [4.69, 9.17) is 4.74 Å². The molecule has 8 heteroatoms. The largest absolute Gasteiger partial charge is 0.500 e. The minimum Gasteiger partial charge on any atom is -0.500 e. The van der Waals surface area contributed by atoms with Crippen molar-refractivity contribution in [3.63, 3.8) is 0 Å². The number of nitro benzene ring substituents is 1. The maximum Gasteiger partial charge on any atom is 0.315 e. The van der Waals surface area contributed by atoms with Crippen molar-refractivity contribution >= 4 is 17.7 Å². The summed E-state index contributed by atoms with van der Waals surface area (Å²) in [4.78, 5) is 22.4. The third-order valence-electron chi connectivity index (χ3n) is 3.71. The second-order valence-electron chi connectivity index (χ2n) is 5.57. The first-order valence-electron chi connectivity index (χ1n) is 8.12. The van der Waals surface area contributed by atoms with Crippen molar-refractivity contribution in [3.05, 3.63) is 81.4 Å². The molecule has 0 aromatic heterocycles. The number of methoxy groups -OCH3 is 1. The molecule has 0 aliphatic rings. The van der Waals surface area contributed by atoms with Gasteiger partial charge in [-0.3, -0.25) is 14.9 Å². The Morgan fingerprint density at radius 2 is 2.07 bits per heavy atom. The molecule has 0 radical (unpaired) electrons. The number of phenolic OH excluding ortho intramolecular Hbond substituents is 1. The van der Waals surface area contributed by atoms with Crippen LogP contribution in [0.3, 0.4) is 0 Å². The normalized spacial score (nSPS) is 11.1. The van der Waals surface area contributed by atoms with E-state index in [0.717, 1.165) is 11.6 Å². The van der Waals surface area contributed by atoms with Crippen LogP contribution >= 0.6 is 0 Å². The highest BCUT2D eigenvalue weighted by Crippen LogP contribution is 2.37. The molecule has 0 spiro atoms. The van der Waals surface area contributed by atoms with Crippen LogP contribution in [0.15, 0.2) is 60.2 Å². The van der Waals surface area contributed by atoms with Gasteiger partial charge in [-0.1, -0.05) is 42.5 Å². The van der Waals surface area contributed by atoms with Crippen LogP contribution in [0.5, 0.6) is 11.5 Å². The van der Waals surface area contributed by atoms with Crippen molar-refractivity contribution in [2.45, 2.75) is 6.54 Å². The zero-order valence-electron chi connectivity index (χ0n) is 15.0. The van der Waals surface area contributed by atoms with Crippen LogP contribution in [0.1, 0.15) is 11.1 Å². The van der Waals surface area contributed by atoms with E-state index in [-0.39, 0.29) is 17.9 Å². The summed E-state index contributed by atoms with van der Waals surface area (Å²) in [5.41, 5.74) is 0.628. The second kappa shape index (κ2) is 9.54. The van der Waals surface area contributed by atoms with Crippen molar-refractivity contribution in [1.82, 2.24) is 5.32 Å². The number of nitrogens with one attached hydrogen (secondary N) is 1. The Labute approximate surface area is 161 Å².